The van der Waals surface area contributed by atoms with Gasteiger partial charge in [0, 0.05) is 18.6 Å². The lowest BCUT2D eigenvalue weighted by molar-refractivity contribution is 0.0868. The molecule has 1 unspecified atom stereocenters. The van der Waals surface area contributed by atoms with Gasteiger partial charge in [0.15, 0.2) is 0 Å². The molecular formula is C11H23N3O. The molecule has 0 aromatic heterocycles. The number of piperidine rings is 1. The Balaban J connectivity index is 1.84. The minimum Gasteiger partial charge on any atom is -0.303 e. The van der Waals surface area contributed by atoms with Crippen molar-refractivity contribution in [3.05, 3.63) is 0 Å². The lowest BCUT2D eigenvalue weighted by atomic mass is 10.1. The van der Waals surface area contributed by atoms with Crippen LogP contribution in [0, 0.1) is 0 Å². The number of hydrogen-bond acceptors (Lipinski definition) is 4. The van der Waals surface area contributed by atoms with Crippen LogP contribution < -0.4 is 5.90 Å². The van der Waals surface area contributed by atoms with Gasteiger partial charge in [-0.25, -0.2) is 5.90 Å². The van der Waals surface area contributed by atoms with Crippen molar-refractivity contribution in [3.63, 3.8) is 0 Å². The summed E-state index contributed by atoms with van der Waals surface area (Å²) in [6.45, 7) is 4.41. The fourth-order valence-corrected chi connectivity index (χ4v) is 2.90. The normalized spacial score (nSPS) is 34.8. The van der Waals surface area contributed by atoms with E-state index in [1.54, 1.807) is 0 Å². The second kappa shape index (κ2) is 5.25. The van der Waals surface area contributed by atoms with Gasteiger partial charge in [-0.05, 0) is 39.4 Å². The van der Waals surface area contributed by atoms with Gasteiger partial charge in [0.25, 0.3) is 0 Å². The Labute approximate surface area is 92.3 Å². The summed E-state index contributed by atoms with van der Waals surface area (Å²) in [6, 6.07) is 1.25. The average molecular weight is 213 g/mol. The second-order valence-electron chi connectivity index (χ2n) is 4.91. The van der Waals surface area contributed by atoms with Crippen LogP contribution >= 0.6 is 0 Å². The van der Waals surface area contributed by atoms with E-state index in [0.717, 1.165) is 6.04 Å². The predicted molar refractivity (Wildman–Crippen MR) is 60.4 cm³/mol. The van der Waals surface area contributed by atoms with Crippen LogP contribution in [0.25, 0.3) is 0 Å². The van der Waals surface area contributed by atoms with Gasteiger partial charge >= 0.3 is 0 Å². The molecular weight excluding hydrogens is 190 g/mol. The summed E-state index contributed by atoms with van der Waals surface area (Å²) < 4.78 is 0. The van der Waals surface area contributed by atoms with Crippen molar-refractivity contribution < 1.29 is 4.84 Å². The van der Waals surface area contributed by atoms with E-state index in [1.165, 1.54) is 45.3 Å². The number of likely N-dealkylation sites (N-methyl/N-ethyl adjacent to an activating group) is 1. The summed E-state index contributed by atoms with van der Waals surface area (Å²) in [4.78, 5) is 9.80. The number of hydrogen-bond donors (Lipinski definition) is 1. The summed E-state index contributed by atoms with van der Waals surface area (Å²) in [5, 5.41) is 0. The number of nitrogens with two attached hydrogens (primary N) is 1. The third-order valence-electron chi connectivity index (χ3n) is 3.86. The molecule has 2 aliphatic rings. The molecule has 0 aromatic rings. The largest absolute Gasteiger partial charge is 0.303 e. The summed E-state index contributed by atoms with van der Waals surface area (Å²) >= 11 is 0. The van der Waals surface area contributed by atoms with E-state index in [2.05, 4.69) is 16.8 Å². The van der Waals surface area contributed by atoms with Crippen LogP contribution in [0.1, 0.15) is 25.7 Å². The molecule has 2 rings (SSSR count). The number of nitrogens with zero attached hydrogens (tertiary/aromatic N) is 2. The molecule has 88 valence electrons. The maximum atomic E-state index is 5.15. The highest BCUT2D eigenvalue weighted by Gasteiger charge is 2.33. The Kier molecular flexibility index (Phi) is 3.97. The SMILES string of the molecule is CN1C[C@@H](N2CCCCC2)CC1CON. The van der Waals surface area contributed by atoms with Crippen molar-refractivity contribution >= 4 is 0 Å². The molecule has 0 amide bonds. The summed E-state index contributed by atoms with van der Waals surface area (Å²) in [5.41, 5.74) is 0. The molecule has 2 heterocycles. The lowest BCUT2D eigenvalue weighted by Gasteiger charge is -2.31. The van der Waals surface area contributed by atoms with Gasteiger partial charge in [-0.2, -0.15) is 0 Å². The molecule has 0 bridgehead atoms. The maximum Gasteiger partial charge on any atom is 0.0835 e. The molecule has 2 aliphatic heterocycles. The first kappa shape index (κ1) is 11.3. The van der Waals surface area contributed by atoms with Crippen molar-refractivity contribution in [2.45, 2.75) is 37.8 Å². The van der Waals surface area contributed by atoms with E-state index in [1.807, 2.05) is 0 Å². The Morgan fingerprint density at radius 2 is 2.00 bits per heavy atom. The average Bonchev–Trinajstić information content (AvgIpc) is 2.63. The number of likely N-dealkylation sites (tertiary alicyclic amines) is 2. The van der Waals surface area contributed by atoms with Crippen LogP contribution in [-0.2, 0) is 4.84 Å². The van der Waals surface area contributed by atoms with Gasteiger partial charge in [-0.15, -0.1) is 0 Å². The Morgan fingerprint density at radius 3 is 2.67 bits per heavy atom. The topological polar surface area (TPSA) is 41.7 Å². The highest BCUT2D eigenvalue weighted by Crippen LogP contribution is 2.23. The van der Waals surface area contributed by atoms with E-state index in [9.17, 15) is 0 Å². The predicted octanol–water partition coefficient (Wildman–Crippen LogP) is 0.435. The zero-order valence-corrected chi connectivity index (χ0v) is 9.69. The molecule has 0 radical (unpaired) electrons. The molecule has 2 N–H and O–H groups in total. The summed E-state index contributed by atoms with van der Waals surface area (Å²) in [5.74, 6) is 5.15. The molecule has 0 saturated carbocycles. The molecule has 2 atom stereocenters. The number of rotatable bonds is 3. The van der Waals surface area contributed by atoms with Gasteiger partial charge < -0.3 is 4.84 Å². The van der Waals surface area contributed by atoms with E-state index in [4.69, 9.17) is 10.7 Å². The van der Waals surface area contributed by atoms with Gasteiger partial charge in [0.2, 0.25) is 0 Å². The van der Waals surface area contributed by atoms with Gasteiger partial charge in [0.1, 0.15) is 0 Å². The maximum absolute atomic E-state index is 5.15. The van der Waals surface area contributed by atoms with E-state index >= 15 is 0 Å². The minimum absolute atomic E-state index is 0.516. The quantitative estimate of drug-likeness (QED) is 0.691. The minimum atomic E-state index is 0.516. The Hall–Kier alpha value is -0.160. The van der Waals surface area contributed by atoms with E-state index in [-0.39, 0.29) is 0 Å². The van der Waals surface area contributed by atoms with Gasteiger partial charge in [-0.1, -0.05) is 6.42 Å². The van der Waals surface area contributed by atoms with E-state index < -0.39 is 0 Å². The van der Waals surface area contributed by atoms with Gasteiger partial charge in [0.05, 0.1) is 6.61 Å². The van der Waals surface area contributed by atoms with Crippen molar-refractivity contribution in [1.29, 1.82) is 0 Å². The molecule has 0 spiro atoms. The molecule has 0 aliphatic carbocycles. The monoisotopic (exact) mass is 213 g/mol. The third-order valence-corrected chi connectivity index (χ3v) is 3.86. The highest BCUT2D eigenvalue weighted by atomic mass is 16.6. The van der Waals surface area contributed by atoms with Crippen LogP contribution in [0.2, 0.25) is 0 Å². The zero-order chi connectivity index (χ0) is 10.7. The first-order valence-electron chi connectivity index (χ1n) is 6.07. The molecule has 2 saturated heterocycles. The third kappa shape index (κ3) is 2.69. The van der Waals surface area contributed by atoms with Crippen LogP contribution in [-0.4, -0.2) is 55.2 Å². The summed E-state index contributed by atoms with van der Waals surface area (Å²) in [6.07, 6.45) is 5.37. The van der Waals surface area contributed by atoms with Crippen molar-refractivity contribution in [1.82, 2.24) is 9.80 Å². The highest BCUT2D eigenvalue weighted by molar-refractivity contribution is 4.89. The van der Waals surface area contributed by atoms with Crippen molar-refractivity contribution in [2.75, 3.05) is 33.3 Å². The Bertz CT molecular complexity index is 194. The van der Waals surface area contributed by atoms with Crippen LogP contribution in [0.15, 0.2) is 0 Å². The van der Waals surface area contributed by atoms with Gasteiger partial charge in [-0.3, -0.25) is 9.80 Å². The lowest BCUT2D eigenvalue weighted by Crippen LogP contribution is -2.40. The van der Waals surface area contributed by atoms with E-state index in [0.29, 0.717) is 12.6 Å². The zero-order valence-electron chi connectivity index (χ0n) is 9.69. The first-order chi connectivity index (χ1) is 7.31. The Morgan fingerprint density at radius 1 is 1.27 bits per heavy atom. The molecule has 0 aromatic carbocycles. The second-order valence-corrected chi connectivity index (χ2v) is 4.91. The summed E-state index contributed by atoms with van der Waals surface area (Å²) in [7, 11) is 2.17. The standard InChI is InChI=1S/C11H23N3O/c1-13-8-10(7-11(13)9-15-12)14-5-3-2-4-6-14/h10-11H,2-9,12H2,1H3/t10-,11?/m0/s1. The van der Waals surface area contributed by atoms with Crippen molar-refractivity contribution in [3.8, 4) is 0 Å². The van der Waals surface area contributed by atoms with Crippen LogP contribution in [0.3, 0.4) is 0 Å². The fourth-order valence-electron chi connectivity index (χ4n) is 2.90. The molecule has 4 nitrogen and oxygen atoms in total. The fraction of sp³-hybridized carbons (Fsp3) is 1.00. The molecule has 15 heavy (non-hydrogen) atoms. The smallest absolute Gasteiger partial charge is 0.0835 e. The molecule has 2 fully saturated rings. The first-order valence-corrected chi connectivity index (χ1v) is 6.07. The van der Waals surface area contributed by atoms with Crippen LogP contribution in [0.4, 0.5) is 0 Å². The molecule has 4 heteroatoms. The van der Waals surface area contributed by atoms with Crippen molar-refractivity contribution in [2.24, 2.45) is 5.90 Å². The van der Waals surface area contributed by atoms with Crippen LogP contribution in [0.5, 0.6) is 0 Å².